The summed E-state index contributed by atoms with van der Waals surface area (Å²) in [7, 11) is 3.27. The number of allylic oxidation sites excluding steroid dienone is 7. The molecule has 2 rings (SSSR count). The SMILES string of the molecule is C=C/C(C=O)=C(\C=C/C)C(=O)N(C)C.C=C/C=C\C=C1/CN(c2ccccc2)C(=O)C1=N. The summed E-state index contributed by atoms with van der Waals surface area (Å²) in [6, 6.07) is 9.40. The lowest BCUT2D eigenvalue weighted by atomic mass is 10.1. The topological polar surface area (TPSA) is 81.5 Å². The van der Waals surface area contributed by atoms with Gasteiger partial charge in [-0.1, -0.05) is 73.9 Å². The normalized spacial score (nSPS) is 15.5. The second-order valence-electron chi connectivity index (χ2n) is 6.80. The maximum absolute atomic E-state index is 12.0. The number of nitrogens with zero attached hydrogens (tertiary/aromatic N) is 2. The zero-order chi connectivity index (χ0) is 24.1. The Hall–Kier alpha value is -4.06. The first-order valence-corrected chi connectivity index (χ1v) is 9.92. The largest absolute Gasteiger partial charge is 0.345 e. The van der Waals surface area contributed by atoms with Crippen LogP contribution in [-0.4, -0.2) is 49.4 Å². The molecule has 0 aromatic heterocycles. The number of amides is 2. The van der Waals surface area contributed by atoms with Crippen molar-refractivity contribution in [1.82, 2.24) is 4.90 Å². The van der Waals surface area contributed by atoms with Gasteiger partial charge in [0.05, 0.1) is 6.54 Å². The monoisotopic (exact) mass is 431 g/mol. The van der Waals surface area contributed by atoms with Crippen LogP contribution in [-0.2, 0) is 14.4 Å². The lowest BCUT2D eigenvalue weighted by Gasteiger charge is -2.13. The highest BCUT2D eigenvalue weighted by Crippen LogP contribution is 2.22. The molecule has 166 valence electrons. The van der Waals surface area contributed by atoms with Crippen molar-refractivity contribution in [3.63, 3.8) is 0 Å². The highest BCUT2D eigenvalue weighted by atomic mass is 16.2. The Morgan fingerprint density at radius 3 is 2.31 bits per heavy atom. The predicted molar refractivity (Wildman–Crippen MR) is 131 cm³/mol. The minimum absolute atomic E-state index is 0.0626. The van der Waals surface area contributed by atoms with Crippen LogP contribution in [0.5, 0.6) is 0 Å². The highest BCUT2D eigenvalue weighted by molar-refractivity contribution is 6.51. The van der Waals surface area contributed by atoms with E-state index in [0.717, 1.165) is 11.3 Å². The molecule has 1 aliphatic heterocycles. The maximum Gasteiger partial charge on any atom is 0.276 e. The number of carbonyl (C=O) groups is 3. The molecule has 2 amide bonds. The van der Waals surface area contributed by atoms with Crippen LogP contribution in [0.2, 0.25) is 0 Å². The van der Waals surface area contributed by atoms with E-state index in [1.54, 1.807) is 62.4 Å². The molecule has 1 N–H and O–H groups in total. The molecular weight excluding hydrogens is 402 g/mol. The molecule has 0 bridgehead atoms. The summed E-state index contributed by atoms with van der Waals surface area (Å²) in [4.78, 5) is 37.2. The molecule has 1 aromatic rings. The van der Waals surface area contributed by atoms with Crippen LogP contribution < -0.4 is 4.90 Å². The third-order valence-electron chi connectivity index (χ3n) is 4.35. The second-order valence-corrected chi connectivity index (χ2v) is 6.80. The van der Waals surface area contributed by atoms with Crippen LogP contribution in [0.4, 0.5) is 5.69 Å². The Kier molecular flexibility index (Phi) is 10.8. The van der Waals surface area contributed by atoms with Gasteiger partial charge in [-0.2, -0.15) is 0 Å². The Morgan fingerprint density at radius 1 is 1.16 bits per heavy atom. The number of hydrogen-bond acceptors (Lipinski definition) is 4. The van der Waals surface area contributed by atoms with E-state index < -0.39 is 0 Å². The van der Waals surface area contributed by atoms with Crippen molar-refractivity contribution in [2.75, 3.05) is 25.5 Å². The van der Waals surface area contributed by atoms with E-state index in [-0.39, 0.29) is 17.5 Å². The predicted octanol–water partition coefficient (Wildman–Crippen LogP) is 4.05. The lowest BCUT2D eigenvalue weighted by Crippen LogP contribution is -2.26. The third-order valence-corrected chi connectivity index (χ3v) is 4.35. The number of rotatable bonds is 7. The first kappa shape index (κ1) is 26.0. The Morgan fingerprint density at radius 2 is 1.81 bits per heavy atom. The molecule has 32 heavy (non-hydrogen) atoms. The van der Waals surface area contributed by atoms with Crippen LogP contribution in [0.25, 0.3) is 0 Å². The van der Waals surface area contributed by atoms with Crippen molar-refractivity contribution in [3.05, 3.63) is 103 Å². The van der Waals surface area contributed by atoms with Gasteiger partial charge in [0.1, 0.15) is 5.71 Å². The number of para-hydroxylation sites is 1. The zero-order valence-electron chi connectivity index (χ0n) is 18.7. The average Bonchev–Trinajstić information content (AvgIpc) is 3.08. The van der Waals surface area contributed by atoms with E-state index in [2.05, 4.69) is 13.2 Å². The van der Waals surface area contributed by atoms with E-state index in [0.29, 0.717) is 24.0 Å². The van der Waals surface area contributed by atoms with Crippen molar-refractivity contribution < 1.29 is 14.4 Å². The first-order chi connectivity index (χ1) is 15.3. The third kappa shape index (κ3) is 7.02. The molecule has 1 saturated heterocycles. The first-order valence-electron chi connectivity index (χ1n) is 9.92. The van der Waals surface area contributed by atoms with Gasteiger partial charge in [0.2, 0.25) is 0 Å². The van der Waals surface area contributed by atoms with Crippen molar-refractivity contribution in [2.45, 2.75) is 6.92 Å². The van der Waals surface area contributed by atoms with Crippen LogP contribution in [0, 0.1) is 5.41 Å². The fourth-order valence-corrected chi connectivity index (χ4v) is 2.72. The second kappa shape index (κ2) is 13.3. The summed E-state index contributed by atoms with van der Waals surface area (Å²) in [6.07, 6.45) is 12.3. The quantitative estimate of drug-likeness (QED) is 0.402. The molecular formula is C26H29N3O3. The Labute approximate surface area is 189 Å². The molecule has 1 aromatic carbocycles. The van der Waals surface area contributed by atoms with E-state index in [1.807, 2.05) is 30.3 Å². The van der Waals surface area contributed by atoms with E-state index >= 15 is 0 Å². The van der Waals surface area contributed by atoms with Crippen molar-refractivity contribution in [1.29, 1.82) is 5.41 Å². The van der Waals surface area contributed by atoms with E-state index in [9.17, 15) is 14.4 Å². The van der Waals surface area contributed by atoms with Gasteiger partial charge in [0.15, 0.2) is 6.29 Å². The fourth-order valence-electron chi connectivity index (χ4n) is 2.72. The van der Waals surface area contributed by atoms with E-state index in [4.69, 9.17) is 5.41 Å². The molecule has 0 spiro atoms. The van der Waals surface area contributed by atoms with Gasteiger partial charge in [0, 0.05) is 36.5 Å². The van der Waals surface area contributed by atoms with Crippen molar-refractivity contribution in [2.24, 2.45) is 0 Å². The van der Waals surface area contributed by atoms with Gasteiger partial charge < -0.3 is 9.80 Å². The minimum Gasteiger partial charge on any atom is -0.345 e. The molecule has 1 aliphatic rings. The number of benzene rings is 1. The molecule has 0 atom stereocenters. The van der Waals surface area contributed by atoms with Gasteiger partial charge >= 0.3 is 0 Å². The highest BCUT2D eigenvalue weighted by Gasteiger charge is 2.31. The molecule has 0 radical (unpaired) electrons. The summed E-state index contributed by atoms with van der Waals surface area (Å²) >= 11 is 0. The number of aldehydes is 1. The minimum atomic E-state index is -0.251. The molecule has 1 fully saturated rings. The average molecular weight is 432 g/mol. The molecule has 6 nitrogen and oxygen atoms in total. The Balaban J connectivity index is 0.000000333. The maximum atomic E-state index is 12.0. The lowest BCUT2D eigenvalue weighted by molar-refractivity contribution is -0.124. The van der Waals surface area contributed by atoms with Crippen molar-refractivity contribution in [3.8, 4) is 0 Å². The van der Waals surface area contributed by atoms with Gasteiger partial charge in [-0.25, -0.2) is 0 Å². The Bertz CT molecular complexity index is 986. The zero-order valence-corrected chi connectivity index (χ0v) is 18.7. The number of nitrogens with one attached hydrogen (secondary N) is 1. The number of anilines is 1. The fraction of sp³-hybridized carbons (Fsp3) is 0.154. The number of hydrogen-bond donors (Lipinski definition) is 1. The van der Waals surface area contributed by atoms with E-state index in [1.165, 1.54) is 11.0 Å². The summed E-state index contributed by atoms with van der Waals surface area (Å²) in [5.74, 6) is -0.454. The number of likely N-dealkylation sites (N-methyl/N-ethyl adjacent to an activating group) is 1. The molecule has 6 heteroatoms. The van der Waals surface area contributed by atoms with Gasteiger partial charge in [-0.15, -0.1) is 0 Å². The van der Waals surface area contributed by atoms with Gasteiger partial charge in [0.25, 0.3) is 11.8 Å². The van der Waals surface area contributed by atoms with Gasteiger partial charge in [-0.05, 0) is 19.1 Å². The smallest absolute Gasteiger partial charge is 0.276 e. The summed E-state index contributed by atoms with van der Waals surface area (Å²) in [6.45, 7) is 9.29. The molecule has 1 heterocycles. The standard InChI is InChI=1S/C15H14N2O.C11H15NO2/c1-2-3-5-8-12-11-17(15(18)14(12)16)13-9-6-4-7-10-13;1-5-7-10(9(6-2)8-13)11(14)12(3)4/h2-10,16H,1,11H2;5-8H,2H2,1,3-4H3/b5-3-,12-8+,16-14?;7-5-,10-9-. The molecule has 0 aliphatic carbocycles. The summed E-state index contributed by atoms with van der Waals surface area (Å²) < 4.78 is 0. The van der Waals surface area contributed by atoms with Crippen molar-refractivity contribution >= 4 is 29.5 Å². The number of carbonyl (C=O) groups excluding carboxylic acids is 3. The summed E-state index contributed by atoms with van der Waals surface area (Å²) in [5.41, 5.74) is 2.28. The van der Waals surface area contributed by atoms with Crippen LogP contribution in [0.3, 0.4) is 0 Å². The molecule has 0 unspecified atom stereocenters. The summed E-state index contributed by atoms with van der Waals surface area (Å²) in [5, 5.41) is 7.81. The van der Waals surface area contributed by atoms with Crippen LogP contribution in [0.15, 0.2) is 103 Å². The van der Waals surface area contributed by atoms with Crippen LogP contribution >= 0.6 is 0 Å². The molecule has 0 saturated carbocycles. The van der Waals surface area contributed by atoms with Gasteiger partial charge in [-0.3, -0.25) is 19.8 Å². The van der Waals surface area contributed by atoms with Crippen LogP contribution in [0.1, 0.15) is 6.92 Å².